The summed E-state index contributed by atoms with van der Waals surface area (Å²) in [6.45, 7) is 10.1. The lowest BCUT2D eigenvalue weighted by Crippen LogP contribution is -2.40. The fraction of sp³-hybridized carbons (Fsp3) is 0.444. The molecule has 5 nitrogen and oxygen atoms in total. The molecule has 1 aliphatic heterocycles. The Hall–Kier alpha value is -2.30. The molecule has 23 heavy (non-hydrogen) atoms. The Bertz CT molecular complexity index is 870. The molecule has 1 unspecified atom stereocenters. The largest absolute Gasteiger partial charge is 0.329 e. The number of imidazole rings is 1. The number of nitrogens with zero attached hydrogens (tertiary/aromatic N) is 2. The first-order valence-corrected chi connectivity index (χ1v) is 8.02. The lowest BCUT2D eigenvalue weighted by molar-refractivity contribution is -0.124. The van der Waals surface area contributed by atoms with E-state index >= 15 is 0 Å². The lowest BCUT2D eigenvalue weighted by Gasteiger charge is -2.24. The molecule has 1 aromatic heterocycles. The van der Waals surface area contributed by atoms with Crippen LogP contribution in [0.25, 0.3) is 11.0 Å². The van der Waals surface area contributed by atoms with Crippen LogP contribution in [0.2, 0.25) is 0 Å². The Morgan fingerprint density at radius 3 is 2.61 bits per heavy atom. The van der Waals surface area contributed by atoms with Gasteiger partial charge in [-0.25, -0.2) is 4.79 Å². The first-order valence-electron chi connectivity index (χ1n) is 8.02. The lowest BCUT2D eigenvalue weighted by atomic mass is 9.96. The van der Waals surface area contributed by atoms with Gasteiger partial charge in [0.2, 0.25) is 5.91 Å². The van der Waals surface area contributed by atoms with Crippen molar-refractivity contribution < 1.29 is 4.79 Å². The summed E-state index contributed by atoms with van der Waals surface area (Å²) in [5.74, 6) is 0.155. The molecule has 0 aliphatic carbocycles. The van der Waals surface area contributed by atoms with Crippen molar-refractivity contribution in [2.45, 2.75) is 45.6 Å². The predicted molar refractivity (Wildman–Crippen MR) is 91.6 cm³/mol. The molecule has 1 saturated heterocycles. The number of piperidine rings is 1. The third kappa shape index (κ3) is 2.31. The van der Waals surface area contributed by atoms with Crippen LogP contribution in [0.4, 0.5) is 0 Å². The number of rotatable bonds is 2. The highest BCUT2D eigenvalue weighted by Gasteiger charge is 2.30. The molecule has 1 aliphatic rings. The number of allylic oxidation sites excluding steroid dienone is 1. The van der Waals surface area contributed by atoms with Crippen LogP contribution in [-0.4, -0.2) is 15.0 Å². The third-order valence-corrected chi connectivity index (χ3v) is 4.71. The molecule has 0 saturated carbocycles. The molecular formula is C18H23N3O2. The summed E-state index contributed by atoms with van der Waals surface area (Å²) in [4.78, 5) is 25.2. The maximum Gasteiger partial charge on any atom is 0.329 e. The maximum absolute atomic E-state index is 12.8. The number of carbonyl (C=O) groups excluding carboxylic acids is 1. The van der Waals surface area contributed by atoms with Crippen molar-refractivity contribution in [2.75, 3.05) is 0 Å². The van der Waals surface area contributed by atoms with Gasteiger partial charge in [0.15, 0.2) is 0 Å². The summed E-state index contributed by atoms with van der Waals surface area (Å²) >= 11 is 0. The van der Waals surface area contributed by atoms with Crippen molar-refractivity contribution in [3.05, 3.63) is 46.0 Å². The average molecular weight is 313 g/mol. The van der Waals surface area contributed by atoms with Crippen molar-refractivity contribution in [3.8, 4) is 0 Å². The maximum atomic E-state index is 12.8. The fourth-order valence-corrected chi connectivity index (χ4v) is 3.64. The minimum atomic E-state index is -0.473. The van der Waals surface area contributed by atoms with Gasteiger partial charge in [-0.1, -0.05) is 26.5 Å². The van der Waals surface area contributed by atoms with E-state index in [9.17, 15) is 9.59 Å². The highest BCUT2D eigenvalue weighted by molar-refractivity contribution is 5.87. The van der Waals surface area contributed by atoms with Gasteiger partial charge in [-0.05, 0) is 42.9 Å². The Morgan fingerprint density at radius 1 is 1.30 bits per heavy atom. The molecule has 3 rings (SSSR count). The van der Waals surface area contributed by atoms with Crippen molar-refractivity contribution in [3.63, 3.8) is 0 Å². The number of benzene rings is 1. The second kappa shape index (κ2) is 5.41. The summed E-state index contributed by atoms with van der Waals surface area (Å²) in [7, 11) is 1.78. The van der Waals surface area contributed by atoms with Crippen LogP contribution in [0.15, 0.2) is 29.2 Å². The molecule has 0 spiro atoms. The van der Waals surface area contributed by atoms with E-state index in [4.69, 9.17) is 0 Å². The van der Waals surface area contributed by atoms with E-state index in [0.29, 0.717) is 18.8 Å². The summed E-state index contributed by atoms with van der Waals surface area (Å²) in [6, 6.07) is 3.52. The van der Waals surface area contributed by atoms with Gasteiger partial charge < -0.3 is 5.32 Å². The fourth-order valence-electron chi connectivity index (χ4n) is 3.64. The van der Waals surface area contributed by atoms with Gasteiger partial charge in [-0.15, -0.1) is 0 Å². The summed E-state index contributed by atoms with van der Waals surface area (Å²) < 4.78 is 3.32. The van der Waals surface area contributed by atoms with Gasteiger partial charge in [0.25, 0.3) is 0 Å². The van der Waals surface area contributed by atoms with Gasteiger partial charge in [0.05, 0.1) is 11.0 Å². The van der Waals surface area contributed by atoms with Crippen LogP contribution in [0.3, 0.4) is 0 Å². The number of hydrogen-bond acceptors (Lipinski definition) is 2. The molecule has 0 bridgehead atoms. The van der Waals surface area contributed by atoms with E-state index in [0.717, 1.165) is 16.7 Å². The first-order chi connectivity index (χ1) is 10.8. The van der Waals surface area contributed by atoms with Gasteiger partial charge in [0, 0.05) is 12.7 Å². The Labute approximate surface area is 135 Å². The number of amides is 1. The highest BCUT2D eigenvalue weighted by Crippen LogP contribution is 2.31. The highest BCUT2D eigenvalue weighted by atomic mass is 16.2. The molecule has 2 heterocycles. The number of hydrogen-bond donors (Lipinski definition) is 1. The first kappa shape index (κ1) is 15.6. The van der Waals surface area contributed by atoms with Crippen LogP contribution in [-0.2, 0) is 11.8 Å². The van der Waals surface area contributed by atoms with Crippen LogP contribution < -0.4 is 11.0 Å². The smallest absolute Gasteiger partial charge is 0.329 e. The standard InChI is InChI=1S/C18H23N3O2/c1-10(2)15-11(3)6-8-13-16(15)20(5)18(23)21(13)14-9-7-12(4)19-17(14)22/h6,8,10,14H,4,7,9H2,1-3,5H3,(H,19,22). The Balaban J connectivity index is 2.29. The van der Waals surface area contributed by atoms with Crippen molar-refractivity contribution >= 4 is 16.9 Å². The van der Waals surface area contributed by atoms with E-state index in [2.05, 4.69) is 32.7 Å². The molecule has 1 fully saturated rings. The van der Waals surface area contributed by atoms with Gasteiger partial charge >= 0.3 is 5.69 Å². The normalized spacial score (nSPS) is 18.7. The quantitative estimate of drug-likeness (QED) is 0.927. The molecule has 0 radical (unpaired) electrons. The zero-order valence-electron chi connectivity index (χ0n) is 14.1. The molecule has 1 N–H and O–H groups in total. The predicted octanol–water partition coefficient (Wildman–Crippen LogP) is 2.74. The third-order valence-electron chi connectivity index (χ3n) is 4.71. The van der Waals surface area contributed by atoms with E-state index in [1.807, 2.05) is 12.1 Å². The topological polar surface area (TPSA) is 56.0 Å². The van der Waals surface area contributed by atoms with Gasteiger partial charge in [-0.3, -0.25) is 13.9 Å². The minimum Gasteiger partial charge on any atom is -0.329 e. The van der Waals surface area contributed by atoms with E-state index in [-0.39, 0.29) is 11.6 Å². The van der Waals surface area contributed by atoms with Crippen LogP contribution in [0, 0.1) is 6.92 Å². The number of fused-ring (bicyclic) bond motifs is 1. The van der Waals surface area contributed by atoms with Gasteiger partial charge in [0.1, 0.15) is 6.04 Å². The molecule has 1 aromatic carbocycles. The van der Waals surface area contributed by atoms with Crippen molar-refractivity contribution in [1.82, 2.24) is 14.5 Å². The van der Waals surface area contributed by atoms with E-state index in [1.54, 1.807) is 16.2 Å². The zero-order valence-corrected chi connectivity index (χ0v) is 14.1. The Kier molecular flexibility index (Phi) is 3.66. The van der Waals surface area contributed by atoms with Gasteiger partial charge in [-0.2, -0.15) is 0 Å². The second-order valence-corrected chi connectivity index (χ2v) is 6.68. The van der Waals surface area contributed by atoms with Crippen molar-refractivity contribution in [1.29, 1.82) is 0 Å². The molecule has 122 valence electrons. The second-order valence-electron chi connectivity index (χ2n) is 6.68. The van der Waals surface area contributed by atoms with E-state index < -0.39 is 6.04 Å². The number of aryl methyl sites for hydroxylation is 2. The number of carbonyl (C=O) groups is 1. The molecule has 1 amide bonds. The van der Waals surface area contributed by atoms with E-state index in [1.165, 1.54) is 11.1 Å². The molecule has 2 aromatic rings. The summed E-state index contributed by atoms with van der Waals surface area (Å²) in [5.41, 5.74) is 4.68. The SMILES string of the molecule is C=C1CCC(n2c(=O)n(C)c3c(C(C)C)c(C)ccc32)C(=O)N1. The summed E-state index contributed by atoms with van der Waals surface area (Å²) in [5, 5.41) is 2.78. The Morgan fingerprint density at radius 2 is 2.00 bits per heavy atom. The minimum absolute atomic E-state index is 0.139. The summed E-state index contributed by atoms with van der Waals surface area (Å²) in [6.07, 6.45) is 1.30. The number of nitrogens with one attached hydrogen (secondary N) is 1. The van der Waals surface area contributed by atoms with Crippen LogP contribution in [0.5, 0.6) is 0 Å². The molecular weight excluding hydrogens is 290 g/mol. The zero-order chi connectivity index (χ0) is 16.9. The van der Waals surface area contributed by atoms with Crippen LogP contribution in [0.1, 0.15) is 49.8 Å². The van der Waals surface area contributed by atoms with Crippen LogP contribution >= 0.6 is 0 Å². The van der Waals surface area contributed by atoms with Crippen molar-refractivity contribution in [2.24, 2.45) is 7.05 Å². The monoisotopic (exact) mass is 313 g/mol. The average Bonchev–Trinajstić information content (AvgIpc) is 2.72. The number of aromatic nitrogens is 2. The molecule has 5 heteroatoms. The molecule has 1 atom stereocenters.